The second kappa shape index (κ2) is 14.3. The third-order valence-electron chi connectivity index (χ3n) is 6.59. The zero-order valence-corrected chi connectivity index (χ0v) is 21.2. The number of pyridine rings is 1. The number of rotatable bonds is 3. The van der Waals surface area contributed by atoms with Crippen molar-refractivity contribution in [2.24, 2.45) is 5.92 Å². The lowest BCUT2D eigenvalue weighted by Crippen LogP contribution is -2.38. The number of piperidine rings is 1. The van der Waals surface area contributed by atoms with Crippen molar-refractivity contribution < 1.29 is 0 Å². The van der Waals surface area contributed by atoms with Crippen LogP contribution in [-0.4, -0.2) is 49.7 Å². The molecule has 4 nitrogen and oxygen atoms in total. The summed E-state index contributed by atoms with van der Waals surface area (Å²) in [4.78, 5) is 6.90. The molecule has 0 aromatic carbocycles. The van der Waals surface area contributed by atoms with E-state index in [9.17, 15) is 0 Å². The highest BCUT2D eigenvalue weighted by Crippen LogP contribution is 2.30. The quantitative estimate of drug-likeness (QED) is 0.673. The lowest BCUT2D eigenvalue weighted by atomic mass is 9.91. The Morgan fingerprint density at radius 2 is 1.88 bits per heavy atom. The van der Waals surface area contributed by atoms with Crippen LogP contribution in [0.5, 0.6) is 0 Å². The molecule has 0 bridgehead atoms. The van der Waals surface area contributed by atoms with Gasteiger partial charge >= 0.3 is 0 Å². The first kappa shape index (κ1) is 26.3. The van der Waals surface area contributed by atoms with Gasteiger partial charge in [0, 0.05) is 43.3 Å². The van der Waals surface area contributed by atoms with Gasteiger partial charge in [-0.15, -0.1) is 0 Å². The molecule has 0 spiro atoms. The van der Waals surface area contributed by atoms with Crippen molar-refractivity contribution in [2.45, 2.75) is 71.8 Å². The van der Waals surface area contributed by atoms with Gasteiger partial charge in [0.2, 0.25) is 0 Å². The molecule has 1 atom stereocenters. The average molecular weight is 439 g/mol. The number of nitrogens with zero attached hydrogens (tertiary/aromatic N) is 2. The number of nitrogens with one attached hydrogen (secondary N) is 2. The minimum absolute atomic E-state index is 0.567. The fourth-order valence-electron chi connectivity index (χ4n) is 4.69. The van der Waals surface area contributed by atoms with Crippen LogP contribution in [0, 0.1) is 5.92 Å². The molecule has 0 radical (unpaired) electrons. The summed E-state index contributed by atoms with van der Waals surface area (Å²) in [5.41, 5.74) is 7.14. The topological polar surface area (TPSA) is 40.2 Å². The van der Waals surface area contributed by atoms with Crippen molar-refractivity contribution in [3.8, 4) is 0 Å². The zero-order valence-electron chi connectivity index (χ0n) is 21.2. The van der Waals surface area contributed by atoms with Crippen molar-refractivity contribution in [2.75, 3.05) is 33.7 Å². The Morgan fingerprint density at radius 3 is 2.50 bits per heavy atom. The van der Waals surface area contributed by atoms with Gasteiger partial charge in [-0.3, -0.25) is 4.98 Å². The summed E-state index contributed by atoms with van der Waals surface area (Å²) < 4.78 is 0. The number of hydrogen-bond donors (Lipinski definition) is 2. The van der Waals surface area contributed by atoms with Gasteiger partial charge in [-0.1, -0.05) is 31.7 Å². The maximum absolute atomic E-state index is 4.32. The summed E-state index contributed by atoms with van der Waals surface area (Å²) in [5.74, 6) is 0.883. The molecule has 3 heterocycles. The molecule has 1 saturated heterocycles. The van der Waals surface area contributed by atoms with E-state index in [0.717, 1.165) is 18.9 Å². The molecule has 32 heavy (non-hydrogen) atoms. The minimum atomic E-state index is 0.567. The SMILES string of the molecule is C=CC1=C(/C(=C\C)N2CCC(C)CC2)CC(C)NC1.CNC.c1cnc2c(c1)CCCC2. The Bertz CT molecular complexity index is 731. The van der Waals surface area contributed by atoms with Gasteiger partial charge in [0.25, 0.3) is 0 Å². The Labute approximate surface area is 197 Å². The second-order valence-corrected chi connectivity index (χ2v) is 9.35. The Morgan fingerprint density at radius 1 is 1.19 bits per heavy atom. The summed E-state index contributed by atoms with van der Waals surface area (Å²) in [7, 11) is 3.75. The number of aryl methyl sites for hydroxylation is 2. The number of allylic oxidation sites excluding steroid dienone is 2. The maximum Gasteiger partial charge on any atom is 0.0435 e. The molecule has 3 aliphatic rings. The van der Waals surface area contributed by atoms with Crippen molar-refractivity contribution in [3.63, 3.8) is 0 Å². The molecule has 1 fully saturated rings. The molecule has 2 N–H and O–H groups in total. The average Bonchev–Trinajstić information content (AvgIpc) is 2.82. The first-order valence-corrected chi connectivity index (χ1v) is 12.5. The minimum Gasteiger partial charge on any atom is -0.372 e. The number of aromatic nitrogens is 1. The van der Waals surface area contributed by atoms with E-state index in [0.29, 0.717) is 6.04 Å². The normalized spacial score (nSPS) is 21.6. The fraction of sp³-hybridized carbons (Fsp3) is 0.607. The van der Waals surface area contributed by atoms with Crippen molar-refractivity contribution >= 4 is 0 Å². The monoisotopic (exact) mass is 438 g/mol. The van der Waals surface area contributed by atoms with Gasteiger partial charge in [-0.25, -0.2) is 0 Å². The molecule has 2 aliphatic heterocycles. The largest absolute Gasteiger partial charge is 0.372 e. The molecular formula is C28H46N4. The maximum atomic E-state index is 4.32. The summed E-state index contributed by atoms with van der Waals surface area (Å²) in [6.45, 7) is 14.2. The highest BCUT2D eigenvalue weighted by atomic mass is 15.1. The van der Waals surface area contributed by atoms with E-state index in [1.54, 1.807) is 0 Å². The summed E-state index contributed by atoms with van der Waals surface area (Å²) in [6, 6.07) is 4.79. The van der Waals surface area contributed by atoms with Crippen LogP contribution in [0.2, 0.25) is 0 Å². The Hall–Kier alpha value is -1.91. The Kier molecular flexibility index (Phi) is 11.8. The third kappa shape index (κ3) is 7.90. The summed E-state index contributed by atoms with van der Waals surface area (Å²) in [6.07, 6.45) is 15.1. The van der Waals surface area contributed by atoms with Crippen molar-refractivity contribution in [1.82, 2.24) is 20.5 Å². The lowest BCUT2D eigenvalue weighted by Gasteiger charge is -2.37. The summed E-state index contributed by atoms with van der Waals surface area (Å²) in [5, 5.41) is 6.28. The first-order valence-electron chi connectivity index (χ1n) is 12.5. The van der Waals surface area contributed by atoms with Gasteiger partial charge in [0.15, 0.2) is 0 Å². The van der Waals surface area contributed by atoms with E-state index in [4.69, 9.17) is 0 Å². The first-order chi connectivity index (χ1) is 15.5. The van der Waals surface area contributed by atoms with Crippen LogP contribution in [-0.2, 0) is 12.8 Å². The van der Waals surface area contributed by atoms with Gasteiger partial charge in [0.05, 0.1) is 0 Å². The van der Waals surface area contributed by atoms with E-state index in [2.05, 4.69) is 60.0 Å². The second-order valence-electron chi connectivity index (χ2n) is 9.35. The van der Waals surface area contributed by atoms with E-state index in [1.165, 1.54) is 79.7 Å². The summed E-state index contributed by atoms with van der Waals surface area (Å²) >= 11 is 0. The molecular weight excluding hydrogens is 392 g/mol. The van der Waals surface area contributed by atoms with E-state index in [-0.39, 0.29) is 0 Å². The van der Waals surface area contributed by atoms with Crippen LogP contribution in [0.1, 0.15) is 64.1 Å². The molecule has 0 saturated carbocycles. The van der Waals surface area contributed by atoms with Crippen LogP contribution >= 0.6 is 0 Å². The molecule has 4 rings (SSSR count). The molecule has 1 aromatic rings. The molecule has 1 aromatic heterocycles. The van der Waals surface area contributed by atoms with E-state index >= 15 is 0 Å². The van der Waals surface area contributed by atoms with Crippen LogP contribution in [0.4, 0.5) is 0 Å². The lowest BCUT2D eigenvalue weighted by molar-refractivity contribution is 0.238. The van der Waals surface area contributed by atoms with Crippen molar-refractivity contribution in [1.29, 1.82) is 0 Å². The molecule has 178 valence electrons. The van der Waals surface area contributed by atoms with Gasteiger partial charge in [0.1, 0.15) is 0 Å². The van der Waals surface area contributed by atoms with Crippen LogP contribution in [0.15, 0.2) is 53.9 Å². The number of fused-ring (bicyclic) bond motifs is 1. The predicted molar refractivity (Wildman–Crippen MR) is 139 cm³/mol. The number of likely N-dealkylation sites (tertiary alicyclic amines) is 1. The van der Waals surface area contributed by atoms with Gasteiger partial charge < -0.3 is 15.5 Å². The smallest absolute Gasteiger partial charge is 0.0435 e. The van der Waals surface area contributed by atoms with Crippen LogP contribution in [0.25, 0.3) is 0 Å². The van der Waals surface area contributed by atoms with E-state index < -0.39 is 0 Å². The van der Waals surface area contributed by atoms with Crippen LogP contribution in [0.3, 0.4) is 0 Å². The number of hydrogen-bond acceptors (Lipinski definition) is 4. The third-order valence-corrected chi connectivity index (χ3v) is 6.59. The van der Waals surface area contributed by atoms with Gasteiger partial charge in [-0.2, -0.15) is 0 Å². The van der Waals surface area contributed by atoms with E-state index in [1.807, 2.05) is 32.4 Å². The van der Waals surface area contributed by atoms with Crippen LogP contribution < -0.4 is 10.6 Å². The molecule has 4 heteroatoms. The molecule has 0 amide bonds. The molecule has 1 aliphatic carbocycles. The fourth-order valence-corrected chi connectivity index (χ4v) is 4.69. The predicted octanol–water partition coefficient (Wildman–Crippen LogP) is 5.28. The highest BCUT2D eigenvalue weighted by molar-refractivity contribution is 5.42. The highest BCUT2D eigenvalue weighted by Gasteiger charge is 2.24. The molecule has 1 unspecified atom stereocenters. The van der Waals surface area contributed by atoms with Crippen molar-refractivity contribution in [3.05, 3.63) is 65.2 Å². The zero-order chi connectivity index (χ0) is 23.3. The standard InChI is InChI=1S/C17H28N2.C9H11N.C2H7N/c1-5-15-12-18-14(4)11-16(15)17(6-2)19-9-7-13(3)8-10-19;1-2-6-9-8(4-1)5-3-7-10-9;1-3-2/h5-6,13-14,18H,1,7-12H2,2-4H3;3,5,7H,1-2,4,6H2;3H,1-2H3/b17-6+;;. The Balaban J connectivity index is 0.000000232. The van der Waals surface area contributed by atoms with Gasteiger partial charge in [-0.05, 0) is 102 Å².